The minimum Gasteiger partial charge on any atom is -0.334 e. The van der Waals surface area contributed by atoms with Gasteiger partial charge >= 0.3 is 6.03 Å². The van der Waals surface area contributed by atoms with Crippen molar-refractivity contribution in [2.75, 3.05) is 10.6 Å². The highest BCUT2D eigenvalue weighted by Gasteiger charge is 2.13. The third-order valence-electron chi connectivity index (χ3n) is 4.59. The first kappa shape index (κ1) is 21.0. The molecule has 1 aromatic heterocycles. The number of benzene rings is 2. The van der Waals surface area contributed by atoms with E-state index in [2.05, 4.69) is 41.7 Å². The molecule has 1 heterocycles. The van der Waals surface area contributed by atoms with Gasteiger partial charge < -0.3 is 16.0 Å². The molecule has 0 radical (unpaired) electrons. The molecule has 0 spiro atoms. The lowest BCUT2D eigenvalue weighted by molar-refractivity contribution is 0.102. The molecule has 0 saturated carbocycles. The number of hydrogen-bond acceptors (Lipinski definition) is 3. The van der Waals surface area contributed by atoms with Crippen LogP contribution in [0.2, 0.25) is 0 Å². The maximum absolute atomic E-state index is 12.5. The first-order valence-corrected chi connectivity index (χ1v) is 9.77. The normalized spacial score (nSPS) is 10.9. The highest BCUT2D eigenvalue weighted by Crippen LogP contribution is 2.23. The van der Waals surface area contributed by atoms with Crippen LogP contribution < -0.4 is 16.0 Å². The van der Waals surface area contributed by atoms with E-state index in [0.717, 1.165) is 11.3 Å². The molecular formula is C24H26N4O2. The fourth-order valence-electron chi connectivity index (χ4n) is 2.82. The van der Waals surface area contributed by atoms with Crippen molar-refractivity contribution in [1.82, 2.24) is 10.3 Å². The largest absolute Gasteiger partial charge is 0.334 e. The fraction of sp³-hybridized carbons (Fsp3) is 0.208. The maximum atomic E-state index is 12.5. The minimum atomic E-state index is -0.324. The number of aromatic nitrogens is 1. The lowest BCUT2D eigenvalue weighted by Crippen LogP contribution is -2.28. The molecule has 3 aromatic rings. The number of nitrogens with one attached hydrogen (secondary N) is 3. The summed E-state index contributed by atoms with van der Waals surface area (Å²) in [6, 6.07) is 18.0. The molecule has 154 valence electrons. The van der Waals surface area contributed by atoms with Crippen LogP contribution in [0.1, 0.15) is 42.3 Å². The first-order chi connectivity index (χ1) is 14.3. The summed E-state index contributed by atoms with van der Waals surface area (Å²) < 4.78 is 0. The summed E-state index contributed by atoms with van der Waals surface area (Å²) in [6.07, 6.45) is 3.38. The van der Waals surface area contributed by atoms with Crippen molar-refractivity contribution in [3.8, 4) is 0 Å². The van der Waals surface area contributed by atoms with Gasteiger partial charge in [-0.1, -0.05) is 39.0 Å². The van der Waals surface area contributed by atoms with Crippen molar-refractivity contribution in [3.63, 3.8) is 0 Å². The molecule has 0 aliphatic carbocycles. The molecule has 3 rings (SSSR count). The number of carbonyl (C=O) groups is 2. The molecule has 30 heavy (non-hydrogen) atoms. The van der Waals surface area contributed by atoms with Crippen molar-refractivity contribution in [1.29, 1.82) is 0 Å². The number of amides is 3. The predicted octanol–water partition coefficient (Wildman–Crippen LogP) is 4.95. The second kappa shape index (κ2) is 9.22. The van der Waals surface area contributed by atoms with Crippen LogP contribution in [0.3, 0.4) is 0 Å². The van der Waals surface area contributed by atoms with Crippen LogP contribution in [-0.4, -0.2) is 16.9 Å². The smallest absolute Gasteiger partial charge is 0.319 e. The van der Waals surface area contributed by atoms with Crippen molar-refractivity contribution < 1.29 is 9.59 Å². The molecule has 6 nitrogen and oxygen atoms in total. The van der Waals surface area contributed by atoms with E-state index < -0.39 is 0 Å². The minimum absolute atomic E-state index is 0.0651. The standard InChI is InChI=1S/C24H26N4O2/c1-24(2,3)19-8-12-20(13-9-19)27-22(29)18-6-10-21(11-7-18)28-23(30)26-16-17-5-4-14-25-15-17/h4-15H,16H2,1-3H3,(H,27,29)(H2,26,28,30). The van der Waals surface area contributed by atoms with Crippen LogP contribution >= 0.6 is 0 Å². The summed E-state index contributed by atoms with van der Waals surface area (Å²) in [4.78, 5) is 28.5. The molecule has 3 amide bonds. The fourth-order valence-corrected chi connectivity index (χ4v) is 2.82. The van der Waals surface area contributed by atoms with Gasteiger partial charge in [-0.3, -0.25) is 9.78 Å². The SMILES string of the molecule is CC(C)(C)c1ccc(NC(=O)c2ccc(NC(=O)NCc3cccnc3)cc2)cc1. The third kappa shape index (κ3) is 5.91. The van der Waals surface area contributed by atoms with E-state index in [-0.39, 0.29) is 17.4 Å². The van der Waals surface area contributed by atoms with Gasteiger partial charge in [-0.15, -0.1) is 0 Å². The zero-order chi connectivity index (χ0) is 21.6. The van der Waals surface area contributed by atoms with Crippen molar-refractivity contribution >= 4 is 23.3 Å². The maximum Gasteiger partial charge on any atom is 0.319 e. The van der Waals surface area contributed by atoms with E-state index in [4.69, 9.17) is 0 Å². The Labute approximate surface area is 176 Å². The molecule has 0 bridgehead atoms. The van der Waals surface area contributed by atoms with Gasteiger partial charge in [0.1, 0.15) is 0 Å². The van der Waals surface area contributed by atoms with Gasteiger partial charge in [0.05, 0.1) is 0 Å². The Morgan fingerprint density at radius 3 is 2.10 bits per heavy atom. The molecule has 0 saturated heterocycles. The van der Waals surface area contributed by atoms with E-state index in [1.807, 2.05) is 36.4 Å². The lowest BCUT2D eigenvalue weighted by Gasteiger charge is -2.19. The summed E-state index contributed by atoms with van der Waals surface area (Å²) in [6.45, 7) is 6.83. The lowest BCUT2D eigenvalue weighted by atomic mass is 9.87. The quantitative estimate of drug-likeness (QED) is 0.564. The topological polar surface area (TPSA) is 83.1 Å². The highest BCUT2D eigenvalue weighted by molar-refractivity contribution is 6.04. The number of nitrogens with zero attached hydrogens (tertiary/aromatic N) is 1. The van der Waals surface area contributed by atoms with E-state index in [1.165, 1.54) is 5.56 Å². The Balaban J connectivity index is 1.53. The summed E-state index contributed by atoms with van der Waals surface area (Å²) in [5.74, 6) is -0.203. The molecular weight excluding hydrogens is 376 g/mol. The zero-order valence-corrected chi connectivity index (χ0v) is 17.4. The van der Waals surface area contributed by atoms with E-state index >= 15 is 0 Å². The molecule has 3 N–H and O–H groups in total. The number of rotatable bonds is 5. The Hall–Kier alpha value is -3.67. The van der Waals surface area contributed by atoms with Gasteiger partial charge in [-0.05, 0) is 59.0 Å². The number of anilines is 2. The van der Waals surface area contributed by atoms with E-state index in [1.54, 1.807) is 36.7 Å². The Kier molecular flexibility index (Phi) is 6.47. The molecule has 0 aliphatic rings. The second-order valence-corrected chi connectivity index (χ2v) is 8.03. The van der Waals surface area contributed by atoms with Crippen LogP contribution in [0, 0.1) is 0 Å². The van der Waals surface area contributed by atoms with Crippen LogP contribution in [0.15, 0.2) is 73.1 Å². The van der Waals surface area contributed by atoms with Crippen LogP contribution in [0.5, 0.6) is 0 Å². The highest BCUT2D eigenvalue weighted by atomic mass is 16.2. The van der Waals surface area contributed by atoms with E-state index in [0.29, 0.717) is 17.8 Å². The third-order valence-corrected chi connectivity index (χ3v) is 4.59. The van der Waals surface area contributed by atoms with Crippen molar-refractivity contribution in [2.24, 2.45) is 0 Å². The molecule has 6 heteroatoms. The Morgan fingerprint density at radius 1 is 0.867 bits per heavy atom. The number of hydrogen-bond donors (Lipinski definition) is 3. The van der Waals surface area contributed by atoms with E-state index in [9.17, 15) is 9.59 Å². The Bertz CT molecular complexity index is 992. The van der Waals surface area contributed by atoms with Gasteiger partial charge in [-0.2, -0.15) is 0 Å². The van der Waals surface area contributed by atoms with Gasteiger partial charge in [0.2, 0.25) is 0 Å². The zero-order valence-electron chi connectivity index (χ0n) is 17.4. The van der Waals surface area contributed by atoms with Crippen molar-refractivity contribution in [2.45, 2.75) is 32.7 Å². The van der Waals surface area contributed by atoms with Gasteiger partial charge in [0, 0.05) is 35.9 Å². The van der Waals surface area contributed by atoms with Crippen molar-refractivity contribution in [3.05, 3.63) is 89.7 Å². The predicted molar refractivity (Wildman–Crippen MR) is 120 cm³/mol. The number of pyridine rings is 1. The second-order valence-electron chi connectivity index (χ2n) is 8.03. The van der Waals surface area contributed by atoms with Gasteiger partial charge in [0.25, 0.3) is 5.91 Å². The van der Waals surface area contributed by atoms with Crippen LogP contribution in [0.25, 0.3) is 0 Å². The summed E-state index contributed by atoms with van der Waals surface area (Å²) in [7, 11) is 0. The monoisotopic (exact) mass is 402 g/mol. The van der Waals surface area contributed by atoms with Crippen LogP contribution in [-0.2, 0) is 12.0 Å². The summed E-state index contributed by atoms with van der Waals surface area (Å²) in [5, 5.41) is 8.40. The molecule has 0 unspecified atom stereocenters. The molecule has 2 aromatic carbocycles. The Morgan fingerprint density at radius 2 is 1.50 bits per heavy atom. The summed E-state index contributed by atoms with van der Waals surface area (Å²) >= 11 is 0. The average Bonchev–Trinajstić information content (AvgIpc) is 2.73. The first-order valence-electron chi connectivity index (χ1n) is 9.77. The number of urea groups is 1. The molecule has 0 fully saturated rings. The molecule has 0 atom stereocenters. The molecule has 0 aliphatic heterocycles. The van der Waals surface area contributed by atoms with Gasteiger partial charge in [0.15, 0.2) is 0 Å². The van der Waals surface area contributed by atoms with Crippen LogP contribution in [0.4, 0.5) is 16.2 Å². The van der Waals surface area contributed by atoms with Gasteiger partial charge in [-0.25, -0.2) is 4.79 Å². The number of carbonyl (C=O) groups excluding carboxylic acids is 2. The summed E-state index contributed by atoms with van der Waals surface area (Å²) in [5.41, 5.74) is 4.04. The average molecular weight is 402 g/mol.